The van der Waals surface area contributed by atoms with Gasteiger partial charge in [-0.25, -0.2) is 0 Å². The topological polar surface area (TPSA) is 58.2 Å². The van der Waals surface area contributed by atoms with Crippen LogP contribution in [0.3, 0.4) is 0 Å². The average Bonchev–Trinajstić information content (AvgIpc) is 2.77. The van der Waals surface area contributed by atoms with Crippen molar-refractivity contribution in [1.29, 1.82) is 0 Å². The fraction of sp³-hybridized carbons (Fsp3) is 0.364. The summed E-state index contributed by atoms with van der Waals surface area (Å²) in [6, 6.07) is 16.5. The van der Waals surface area contributed by atoms with E-state index in [0.717, 1.165) is 17.8 Å². The molecular weight excluding hydrogens is 324 g/mol. The summed E-state index contributed by atoms with van der Waals surface area (Å²) in [5.41, 5.74) is 2.41. The Labute approximate surface area is 154 Å². The molecule has 1 aliphatic heterocycles. The molecule has 4 rings (SSSR count). The Morgan fingerprint density at radius 3 is 2.27 bits per heavy atom. The molecule has 1 aliphatic carbocycles. The maximum atomic E-state index is 13.3. The number of rotatable bonds is 2. The standard InChI is InChI=1S/C22H24N2O2/c1-22(2)12-17-19(18(25)13-22)20(21(26)14-8-4-3-5-9-14)24-16-11-7-6-10-15(16)23-17/h3-11,17,19-20,23-24H,12-13H2,1-2H3. The van der Waals surface area contributed by atoms with E-state index in [0.29, 0.717) is 12.0 Å². The van der Waals surface area contributed by atoms with Gasteiger partial charge < -0.3 is 10.6 Å². The molecule has 26 heavy (non-hydrogen) atoms. The third-order valence-electron chi connectivity index (χ3n) is 5.51. The smallest absolute Gasteiger partial charge is 0.185 e. The van der Waals surface area contributed by atoms with Gasteiger partial charge in [-0.15, -0.1) is 0 Å². The lowest BCUT2D eigenvalue weighted by Gasteiger charge is -2.41. The van der Waals surface area contributed by atoms with Crippen molar-refractivity contribution in [3.63, 3.8) is 0 Å². The fourth-order valence-electron chi connectivity index (χ4n) is 4.37. The van der Waals surface area contributed by atoms with Crippen molar-refractivity contribution >= 4 is 22.9 Å². The number of hydrogen-bond acceptors (Lipinski definition) is 4. The molecule has 134 valence electrons. The molecular formula is C22H24N2O2. The molecule has 2 aromatic carbocycles. The van der Waals surface area contributed by atoms with E-state index in [9.17, 15) is 9.59 Å². The van der Waals surface area contributed by atoms with Crippen LogP contribution in [0.1, 0.15) is 37.0 Å². The minimum absolute atomic E-state index is 0.0211. The SMILES string of the molecule is CC1(C)CC(=O)C2C(C1)Nc1ccccc1NC2C(=O)c1ccccc1. The van der Waals surface area contributed by atoms with Crippen molar-refractivity contribution < 1.29 is 9.59 Å². The van der Waals surface area contributed by atoms with E-state index >= 15 is 0 Å². The first-order chi connectivity index (χ1) is 12.4. The van der Waals surface area contributed by atoms with Gasteiger partial charge in [0.05, 0.1) is 17.3 Å². The number of carbonyl (C=O) groups excluding carboxylic acids is 2. The Balaban J connectivity index is 1.78. The van der Waals surface area contributed by atoms with Crippen LogP contribution in [0.25, 0.3) is 0 Å². The molecule has 2 aromatic rings. The van der Waals surface area contributed by atoms with Gasteiger partial charge in [-0.3, -0.25) is 9.59 Å². The zero-order valence-corrected chi connectivity index (χ0v) is 15.2. The minimum atomic E-state index is -0.554. The Hall–Kier alpha value is -2.62. The molecule has 0 saturated heterocycles. The molecule has 4 nitrogen and oxygen atoms in total. The van der Waals surface area contributed by atoms with Crippen molar-refractivity contribution in [3.05, 3.63) is 60.2 Å². The predicted molar refractivity (Wildman–Crippen MR) is 104 cm³/mol. The maximum absolute atomic E-state index is 13.3. The first-order valence-electron chi connectivity index (χ1n) is 9.19. The van der Waals surface area contributed by atoms with Crippen molar-refractivity contribution in [2.24, 2.45) is 11.3 Å². The largest absolute Gasteiger partial charge is 0.380 e. The Morgan fingerprint density at radius 1 is 0.962 bits per heavy atom. The normalized spacial score (nSPS) is 26.5. The van der Waals surface area contributed by atoms with E-state index in [2.05, 4.69) is 24.5 Å². The minimum Gasteiger partial charge on any atom is -0.380 e. The number of para-hydroxylation sites is 2. The quantitative estimate of drug-likeness (QED) is 0.801. The number of benzene rings is 2. The Morgan fingerprint density at radius 2 is 1.58 bits per heavy atom. The van der Waals surface area contributed by atoms with E-state index in [1.807, 2.05) is 54.6 Å². The van der Waals surface area contributed by atoms with Crippen LogP contribution in [0.4, 0.5) is 11.4 Å². The van der Waals surface area contributed by atoms with Crippen LogP contribution in [-0.4, -0.2) is 23.7 Å². The lowest BCUT2D eigenvalue weighted by atomic mass is 9.66. The highest BCUT2D eigenvalue weighted by atomic mass is 16.1. The van der Waals surface area contributed by atoms with Crippen molar-refractivity contribution in [1.82, 2.24) is 0 Å². The summed E-state index contributed by atoms with van der Waals surface area (Å²) in [4.78, 5) is 26.3. The summed E-state index contributed by atoms with van der Waals surface area (Å²) in [7, 11) is 0. The lowest BCUT2D eigenvalue weighted by molar-refractivity contribution is -0.128. The van der Waals surface area contributed by atoms with Crippen LogP contribution in [0.2, 0.25) is 0 Å². The van der Waals surface area contributed by atoms with Crippen LogP contribution >= 0.6 is 0 Å². The summed E-state index contributed by atoms with van der Waals surface area (Å²) in [5, 5.41) is 6.93. The monoisotopic (exact) mass is 348 g/mol. The van der Waals surface area contributed by atoms with Gasteiger partial charge in [0.15, 0.2) is 5.78 Å². The summed E-state index contributed by atoms with van der Waals surface area (Å²) in [6.45, 7) is 4.25. The van der Waals surface area contributed by atoms with Gasteiger partial charge >= 0.3 is 0 Å². The molecule has 0 bridgehead atoms. The van der Waals surface area contributed by atoms with Gasteiger partial charge in [0.1, 0.15) is 11.8 Å². The third-order valence-corrected chi connectivity index (χ3v) is 5.51. The van der Waals surface area contributed by atoms with Crippen LogP contribution in [0, 0.1) is 11.3 Å². The molecule has 0 radical (unpaired) electrons. The second-order valence-corrected chi connectivity index (χ2v) is 8.19. The lowest BCUT2D eigenvalue weighted by Crippen LogP contribution is -2.53. The number of anilines is 2. The first kappa shape index (κ1) is 16.8. The van der Waals surface area contributed by atoms with Gasteiger partial charge in [0, 0.05) is 18.0 Å². The number of ketones is 2. The average molecular weight is 348 g/mol. The molecule has 1 saturated carbocycles. The molecule has 0 amide bonds. The van der Waals surface area contributed by atoms with Gasteiger partial charge in [0.2, 0.25) is 0 Å². The molecule has 3 unspecified atom stereocenters. The van der Waals surface area contributed by atoms with E-state index in [-0.39, 0.29) is 28.9 Å². The highest BCUT2D eigenvalue weighted by Crippen LogP contribution is 2.42. The predicted octanol–water partition coefficient (Wildman–Crippen LogP) is 4.15. The molecule has 2 aliphatic rings. The van der Waals surface area contributed by atoms with Gasteiger partial charge in [-0.2, -0.15) is 0 Å². The van der Waals surface area contributed by atoms with Crippen LogP contribution < -0.4 is 10.6 Å². The maximum Gasteiger partial charge on any atom is 0.185 e. The Kier molecular flexibility index (Phi) is 4.06. The summed E-state index contributed by atoms with van der Waals surface area (Å²) in [5.74, 6) is -0.233. The number of fused-ring (bicyclic) bond motifs is 2. The second-order valence-electron chi connectivity index (χ2n) is 8.19. The fourth-order valence-corrected chi connectivity index (χ4v) is 4.37. The zero-order chi connectivity index (χ0) is 18.3. The zero-order valence-electron chi connectivity index (χ0n) is 15.2. The first-order valence-corrected chi connectivity index (χ1v) is 9.19. The number of Topliss-reactive ketones (excluding diaryl/α,β-unsaturated/α-hetero) is 2. The van der Waals surface area contributed by atoms with Crippen LogP contribution in [-0.2, 0) is 4.79 Å². The third kappa shape index (κ3) is 3.00. The summed E-state index contributed by atoms with van der Waals surface area (Å²) >= 11 is 0. The molecule has 2 N–H and O–H groups in total. The van der Waals surface area contributed by atoms with E-state index in [1.54, 1.807) is 0 Å². The van der Waals surface area contributed by atoms with Crippen molar-refractivity contribution in [3.8, 4) is 0 Å². The van der Waals surface area contributed by atoms with E-state index in [1.165, 1.54) is 0 Å². The molecule has 1 heterocycles. The van der Waals surface area contributed by atoms with Crippen molar-refractivity contribution in [2.45, 2.75) is 38.8 Å². The number of nitrogens with one attached hydrogen (secondary N) is 2. The Bertz CT molecular complexity index is 844. The van der Waals surface area contributed by atoms with Crippen LogP contribution in [0.15, 0.2) is 54.6 Å². The van der Waals surface area contributed by atoms with E-state index in [4.69, 9.17) is 0 Å². The summed E-state index contributed by atoms with van der Waals surface area (Å²) in [6.07, 6.45) is 1.37. The molecule has 0 aromatic heterocycles. The van der Waals surface area contributed by atoms with Crippen LogP contribution in [0.5, 0.6) is 0 Å². The molecule has 1 fully saturated rings. The highest BCUT2D eigenvalue weighted by Gasteiger charge is 2.48. The summed E-state index contributed by atoms with van der Waals surface area (Å²) < 4.78 is 0. The molecule has 0 spiro atoms. The van der Waals surface area contributed by atoms with Crippen molar-refractivity contribution in [2.75, 3.05) is 10.6 Å². The number of hydrogen-bond donors (Lipinski definition) is 2. The molecule has 3 atom stereocenters. The van der Waals surface area contributed by atoms with Gasteiger partial charge in [-0.1, -0.05) is 56.3 Å². The van der Waals surface area contributed by atoms with E-state index < -0.39 is 6.04 Å². The van der Waals surface area contributed by atoms with Gasteiger partial charge in [0.25, 0.3) is 0 Å². The highest BCUT2D eigenvalue weighted by molar-refractivity contribution is 6.06. The van der Waals surface area contributed by atoms with Gasteiger partial charge in [-0.05, 0) is 24.0 Å². The number of carbonyl (C=O) groups is 2. The molecule has 4 heteroatoms. The second kappa shape index (κ2) is 6.27.